The maximum absolute atomic E-state index is 12.0. The van der Waals surface area contributed by atoms with Crippen LogP contribution in [-0.2, 0) is 4.74 Å². The van der Waals surface area contributed by atoms with Crippen molar-refractivity contribution in [3.63, 3.8) is 0 Å². The highest BCUT2D eigenvalue weighted by Gasteiger charge is 2.14. The van der Waals surface area contributed by atoms with E-state index in [-0.39, 0.29) is 5.91 Å². The first-order chi connectivity index (χ1) is 9.11. The number of hydrogen-bond donors (Lipinski definition) is 1. The average Bonchev–Trinajstić information content (AvgIpc) is 2.90. The molecule has 1 N–H and O–H groups in total. The fourth-order valence-electron chi connectivity index (χ4n) is 1.42. The Hall–Kier alpha value is -1.66. The monoisotopic (exact) mass is 339 g/mol. The number of carbonyl (C=O) groups excluding carboxylic acids is 2. The molecule has 2 aromatic rings. The summed E-state index contributed by atoms with van der Waals surface area (Å²) in [6.45, 7) is 0. The summed E-state index contributed by atoms with van der Waals surface area (Å²) in [5, 5.41) is 2.77. The molecular weight excluding hydrogens is 330 g/mol. The lowest BCUT2D eigenvalue weighted by atomic mass is 10.3. The Morgan fingerprint density at radius 3 is 2.53 bits per heavy atom. The number of para-hydroxylation sites is 1. The van der Waals surface area contributed by atoms with Crippen LogP contribution in [0.5, 0.6) is 0 Å². The highest BCUT2D eigenvalue weighted by molar-refractivity contribution is 9.10. The lowest BCUT2D eigenvalue weighted by Crippen LogP contribution is -2.10. The molecule has 19 heavy (non-hydrogen) atoms. The van der Waals surface area contributed by atoms with Crippen LogP contribution >= 0.6 is 27.3 Å². The first-order valence-electron chi connectivity index (χ1n) is 5.36. The van der Waals surface area contributed by atoms with Gasteiger partial charge in [-0.15, -0.1) is 11.3 Å². The minimum absolute atomic E-state index is 0.257. The van der Waals surface area contributed by atoms with Gasteiger partial charge >= 0.3 is 5.97 Å². The Labute approximate surface area is 122 Å². The van der Waals surface area contributed by atoms with Crippen LogP contribution in [0.4, 0.5) is 5.69 Å². The summed E-state index contributed by atoms with van der Waals surface area (Å²) in [5.41, 5.74) is 0.681. The molecule has 0 aliphatic carbocycles. The van der Waals surface area contributed by atoms with E-state index in [9.17, 15) is 9.59 Å². The van der Waals surface area contributed by atoms with E-state index in [0.29, 0.717) is 15.4 Å². The van der Waals surface area contributed by atoms with Gasteiger partial charge in [0.05, 0.1) is 17.7 Å². The van der Waals surface area contributed by atoms with Gasteiger partial charge < -0.3 is 10.1 Å². The van der Waals surface area contributed by atoms with Gasteiger partial charge in [0.2, 0.25) is 0 Å². The zero-order valence-electron chi connectivity index (χ0n) is 9.98. The Bertz CT molecular complexity index is 624. The van der Waals surface area contributed by atoms with E-state index in [1.54, 1.807) is 18.2 Å². The Balaban J connectivity index is 2.15. The van der Waals surface area contributed by atoms with Crippen LogP contribution < -0.4 is 5.32 Å². The van der Waals surface area contributed by atoms with Gasteiger partial charge in [0.15, 0.2) is 0 Å². The van der Waals surface area contributed by atoms with Gasteiger partial charge in [-0.1, -0.05) is 12.1 Å². The third-order valence-corrected chi connectivity index (χ3v) is 4.09. The molecule has 2 rings (SSSR count). The molecule has 4 nitrogen and oxygen atoms in total. The summed E-state index contributed by atoms with van der Waals surface area (Å²) in [5.74, 6) is -0.697. The number of methoxy groups -OCH3 is 1. The standard InChI is InChI=1S/C13H10BrNO3S/c1-18-13(17)11-7-6-10(19-11)12(16)15-9-5-3-2-4-8(9)14/h2-7H,1H3,(H,15,16). The number of hydrogen-bond acceptors (Lipinski definition) is 4. The predicted molar refractivity (Wildman–Crippen MR) is 77.8 cm³/mol. The van der Waals surface area contributed by atoms with Crippen molar-refractivity contribution < 1.29 is 14.3 Å². The molecule has 0 unspecified atom stereocenters. The molecule has 0 spiro atoms. The Kier molecular flexibility index (Phi) is 4.34. The molecule has 0 radical (unpaired) electrons. The quantitative estimate of drug-likeness (QED) is 0.870. The molecule has 0 aliphatic heterocycles. The molecule has 0 aliphatic rings. The number of rotatable bonds is 3. The normalized spacial score (nSPS) is 10.0. The number of anilines is 1. The van der Waals surface area contributed by atoms with Crippen molar-refractivity contribution in [2.45, 2.75) is 0 Å². The minimum Gasteiger partial charge on any atom is -0.465 e. The van der Waals surface area contributed by atoms with E-state index >= 15 is 0 Å². The zero-order valence-corrected chi connectivity index (χ0v) is 12.4. The van der Waals surface area contributed by atoms with E-state index in [0.717, 1.165) is 15.8 Å². The van der Waals surface area contributed by atoms with Crippen LogP contribution in [0.15, 0.2) is 40.9 Å². The molecule has 1 aromatic heterocycles. The largest absolute Gasteiger partial charge is 0.465 e. The third-order valence-electron chi connectivity index (χ3n) is 2.34. The van der Waals surface area contributed by atoms with Crippen LogP contribution in [0.1, 0.15) is 19.3 Å². The van der Waals surface area contributed by atoms with Crippen molar-refractivity contribution in [1.82, 2.24) is 0 Å². The number of esters is 1. The predicted octanol–water partition coefficient (Wildman–Crippen LogP) is 3.55. The minimum atomic E-state index is -0.440. The number of ether oxygens (including phenoxy) is 1. The van der Waals surface area contributed by atoms with E-state index in [4.69, 9.17) is 0 Å². The molecule has 1 heterocycles. The summed E-state index contributed by atoms with van der Waals surface area (Å²) >= 11 is 4.45. The highest BCUT2D eigenvalue weighted by atomic mass is 79.9. The summed E-state index contributed by atoms with van der Waals surface area (Å²) in [6, 6.07) is 10.5. The van der Waals surface area contributed by atoms with Gasteiger partial charge in [-0.05, 0) is 40.2 Å². The maximum atomic E-state index is 12.0. The van der Waals surface area contributed by atoms with E-state index < -0.39 is 5.97 Å². The highest BCUT2D eigenvalue weighted by Crippen LogP contribution is 2.23. The number of benzene rings is 1. The molecule has 1 amide bonds. The van der Waals surface area contributed by atoms with Crippen molar-refractivity contribution in [2.75, 3.05) is 12.4 Å². The fraction of sp³-hybridized carbons (Fsp3) is 0.0769. The molecular formula is C13H10BrNO3S. The van der Waals surface area contributed by atoms with Crippen LogP contribution in [0.25, 0.3) is 0 Å². The molecule has 0 fully saturated rings. The zero-order chi connectivity index (χ0) is 13.8. The van der Waals surface area contributed by atoms with Gasteiger partial charge in [0.1, 0.15) is 4.88 Å². The van der Waals surface area contributed by atoms with Crippen molar-refractivity contribution in [2.24, 2.45) is 0 Å². The lowest BCUT2D eigenvalue weighted by Gasteiger charge is -2.05. The van der Waals surface area contributed by atoms with Crippen molar-refractivity contribution in [3.8, 4) is 0 Å². The molecule has 1 aromatic carbocycles. The van der Waals surface area contributed by atoms with E-state index in [2.05, 4.69) is 26.0 Å². The van der Waals surface area contributed by atoms with Crippen LogP contribution in [0.3, 0.4) is 0 Å². The van der Waals surface area contributed by atoms with E-state index in [1.165, 1.54) is 7.11 Å². The van der Waals surface area contributed by atoms with E-state index in [1.807, 2.05) is 18.2 Å². The summed E-state index contributed by atoms with van der Waals surface area (Å²) in [6.07, 6.45) is 0. The van der Waals surface area contributed by atoms with Gasteiger partial charge in [-0.3, -0.25) is 4.79 Å². The van der Waals surface area contributed by atoms with Crippen LogP contribution in [0.2, 0.25) is 0 Å². The molecule has 0 atom stereocenters. The van der Waals surface area contributed by atoms with Gasteiger partial charge in [-0.25, -0.2) is 4.79 Å². The Morgan fingerprint density at radius 1 is 1.16 bits per heavy atom. The maximum Gasteiger partial charge on any atom is 0.348 e. The Morgan fingerprint density at radius 2 is 1.84 bits per heavy atom. The van der Waals surface area contributed by atoms with Gasteiger partial charge in [0, 0.05) is 4.47 Å². The van der Waals surface area contributed by atoms with Gasteiger partial charge in [-0.2, -0.15) is 0 Å². The molecule has 0 saturated carbocycles. The summed E-state index contributed by atoms with van der Waals surface area (Å²) in [7, 11) is 1.31. The molecule has 6 heteroatoms. The third kappa shape index (κ3) is 3.21. The average molecular weight is 340 g/mol. The topological polar surface area (TPSA) is 55.4 Å². The first-order valence-corrected chi connectivity index (χ1v) is 6.97. The molecule has 98 valence electrons. The number of amides is 1. The van der Waals surface area contributed by atoms with Crippen molar-refractivity contribution in [3.05, 3.63) is 50.6 Å². The second-order valence-corrected chi connectivity index (χ2v) is 5.53. The number of nitrogens with one attached hydrogen (secondary N) is 1. The van der Waals surface area contributed by atoms with Gasteiger partial charge in [0.25, 0.3) is 5.91 Å². The smallest absolute Gasteiger partial charge is 0.348 e. The fourth-order valence-corrected chi connectivity index (χ4v) is 2.62. The van der Waals surface area contributed by atoms with Crippen LogP contribution in [-0.4, -0.2) is 19.0 Å². The molecule has 0 saturated heterocycles. The SMILES string of the molecule is COC(=O)c1ccc(C(=O)Nc2ccccc2Br)s1. The summed E-state index contributed by atoms with van der Waals surface area (Å²) in [4.78, 5) is 24.2. The second-order valence-electron chi connectivity index (χ2n) is 3.59. The summed E-state index contributed by atoms with van der Waals surface area (Å²) < 4.78 is 5.40. The number of thiophene rings is 1. The number of carbonyl (C=O) groups is 2. The van der Waals surface area contributed by atoms with Crippen molar-refractivity contribution >= 4 is 44.8 Å². The first kappa shape index (κ1) is 13.8. The second kappa shape index (κ2) is 5.99. The van der Waals surface area contributed by atoms with Crippen molar-refractivity contribution in [1.29, 1.82) is 0 Å². The number of halogens is 1. The lowest BCUT2D eigenvalue weighted by molar-refractivity contribution is 0.0606. The van der Waals surface area contributed by atoms with Crippen LogP contribution in [0, 0.1) is 0 Å². The molecule has 0 bridgehead atoms.